The molecule has 13 rings (SSSR count). The highest BCUT2D eigenvalue weighted by atomic mass is 16.3. The molecule has 3 heteroatoms. The molecule has 9 aromatic carbocycles. The van der Waals surface area contributed by atoms with Crippen molar-refractivity contribution in [1.29, 1.82) is 0 Å². The summed E-state index contributed by atoms with van der Waals surface area (Å²) < 4.78 is 6.62. The van der Waals surface area contributed by atoms with Crippen LogP contribution in [0.15, 0.2) is 223 Å². The lowest BCUT2D eigenvalue weighted by molar-refractivity contribution is 0.670. The Morgan fingerprint density at radius 1 is 0.306 bits per heavy atom. The summed E-state index contributed by atoms with van der Waals surface area (Å²) in [5.41, 5.74) is 20.5. The Hall–Kier alpha value is -8.14. The van der Waals surface area contributed by atoms with Crippen molar-refractivity contribution in [2.24, 2.45) is 0 Å². The molecule has 62 heavy (non-hydrogen) atoms. The normalized spacial score (nSPS) is 13.0. The first-order valence-electron chi connectivity index (χ1n) is 21.2. The van der Waals surface area contributed by atoms with Gasteiger partial charge in [-0.05, 0) is 91.0 Å². The average Bonchev–Trinajstić information content (AvgIpc) is 3.84. The summed E-state index contributed by atoms with van der Waals surface area (Å²) in [6.45, 7) is 0. The van der Waals surface area contributed by atoms with Gasteiger partial charge in [0.05, 0.1) is 16.8 Å². The molecule has 0 fully saturated rings. The fourth-order valence-electron chi connectivity index (χ4n) is 10.6. The minimum Gasteiger partial charge on any atom is -0.455 e. The zero-order valence-corrected chi connectivity index (χ0v) is 33.6. The van der Waals surface area contributed by atoms with Crippen LogP contribution in [-0.4, -0.2) is 9.97 Å². The topological polar surface area (TPSA) is 38.9 Å². The maximum atomic E-state index is 6.62. The van der Waals surface area contributed by atoms with E-state index in [0.29, 0.717) is 5.82 Å². The predicted molar refractivity (Wildman–Crippen MR) is 253 cm³/mol. The van der Waals surface area contributed by atoms with Gasteiger partial charge in [0.2, 0.25) is 0 Å². The van der Waals surface area contributed by atoms with E-state index < -0.39 is 5.41 Å². The number of rotatable bonds is 4. The summed E-state index contributed by atoms with van der Waals surface area (Å²) in [6.07, 6.45) is 0. The molecule has 0 amide bonds. The Labute approximate surface area is 359 Å². The molecule has 0 radical (unpaired) electrons. The van der Waals surface area contributed by atoms with Crippen LogP contribution >= 0.6 is 0 Å². The molecule has 0 N–H and O–H groups in total. The molecule has 0 bridgehead atoms. The molecule has 2 aliphatic rings. The van der Waals surface area contributed by atoms with E-state index in [0.717, 1.165) is 61.1 Å². The maximum absolute atomic E-state index is 6.62. The Bertz CT molecular complexity index is 3530. The molecule has 288 valence electrons. The molecule has 1 spiro atoms. The summed E-state index contributed by atoms with van der Waals surface area (Å²) in [5.74, 6) is 0.659. The number of hydrogen-bond acceptors (Lipinski definition) is 3. The number of para-hydroxylation sites is 2. The third-order valence-corrected chi connectivity index (χ3v) is 13.2. The van der Waals surface area contributed by atoms with Crippen molar-refractivity contribution >= 4 is 21.9 Å². The van der Waals surface area contributed by atoms with Crippen molar-refractivity contribution in [3.8, 4) is 78.4 Å². The van der Waals surface area contributed by atoms with Gasteiger partial charge in [-0.3, -0.25) is 0 Å². The SMILES string of the molecule is c1ccc(-c2ccccc2-c2nc(-c3ccc4c(c3)-c3ccccc3C43c4ccccc4-c4ccccc4-c4ccccc43)cc(-c3cccc4c3oc3ccccc34)n2)cc1. The molecule has 0 atom stereocenters. The predicted octanol–water partition coefficient (Wildman–Crippen LogP) is 15.1. The standard InChI is InChI=1S/C59H36N2O/c1-2-17-37(18-3-1)39-19-4-7-26-47(39)58-60-54(36-55(61-58)48-28-16-27-46-45-25-11-15-32-56(45)62-57(46)48)38-33-34-53-49(35-38)44-24-10-14-31-52(44)59(53)50-29-12-8-22-42(50)40-20-5-6-21-41(40)43-23-9-13-30-51(43)59/h1-36H. The quantitative estimate of drug-likeness (QED) is 0.178. The smallest absolute Gasteiger partial charge is 0.161 e. The molecule has 2 heterocycles. The highest BCUT2D eigenvalue weighted by Crippen LogP contribution is 2.61. The number of aromatic nitrogens is 2. The van der Waals surface area contributed by atoms with E-state index in [1.165, 1.54) is 55.6 Å². The molecule has 2 aliphatic carbocycles. The lowest BCUT2D eigenvalue weighted by Crippen LogP contribution is -2.29. The van der Waals surface area contributed by atoms with Crippen LogP contribution in [-0.2, 0) is 5.41 Å². The molecule has 11 aromatic rings. The first-order chi connectivity index (χ1) is 30.8. The van der Waals surface area contributed by atoms with Crippen LogP contribution in [0.3, 0.4) is 0 Å². The molecule has 0 aliphatic heterocycles. The fourth-order valence-corrected chi connectivity index (χ4v) is 10.6. The number of fused-ring (bicyclic) bond motifs is 15. The first kappa shape index (κ1) is 34.7. The number of furan rings is 1. The van der Waals surface area contributed by atoms with Crippen LogP contribution < -0.4 is 0 Å². The summed E-state index contributed by atoms with van der Waals surface area (Å²) in [7, 11) is 0. The van der Waals surface area contributed by atoms with Crippen molar-refractivity contribution in [2.45, 2.75) is 5.41 Å². The second-order valence-corrected chi connectivity index (χ2v) is 16.3. The van der Waals surface area contributed by atoms with E-state index in [9.17, 15) is 0 Å². The highest BCUT2D eigenvalue weighted by Gasteiger charge is 2.49. The van der Waals surface area contributed by atoms with Gasteiger partial charge in [0.25, 0.3) is 0 Å². The maximum Gasteiger partial charge on any atom is 0.161 e. The minimum atomic E-state index is -0.551. The first-order valence-corrected chi connectivity index (χ1v) is 21.2. The fraction of sp³-hybridized carbons (Fsp3) is 0.0169. The third-order valence-electron chi connectivity index (χ3n) is 13.2. The van der Waals surface area contributed by atoms with Crippen LogP contribution in [0.1, 0.15) is 22.3 Å². The Morgan fingerprint density at radius 2 is 0.806 bits per heavy atom. The summed E-state index contributed by atoms with van der Waals surface area (Å²) in [6, 6.07) is 78.6. The number of benzene rings is 9. The van der Waals surface area contributed by atoms with E-state index in [1.807, 2.05) is 12.1 Å². The van der Waals surface area contributed by atoms with E-state index in [2.05, 4.69) is 206 Å². The van der Waals surface area contributed by atoms with Gasteiger partial charge < -0.3 is 4.42 Å². The van der Waals surface area contributed by atoms with E-state index in [1.54, 1.807) is 0 Å². The molecule has 0 unspecified atom stereocenters. The monoisotopic (exact) mass is 788 g/mol. The zero-order valence-electron chi connectivity index (χ0n) is 33.6. The lowest BCUT2D eigenvalue weighted by Gasteiger charge is -2.35. The van der Waals surface area contributed by atoms with Gasteiger partial charge in [0.15, 0.2) is 5.82 Å². The van der Waals surface area contributed by atoms with Crippen LogP contribution in [0.4, 0.5) is 0 Å². The van der Waals surface area contributed by atoms with Crippen LogP contribution in [0.5, 0.6) is 0 Å². The van der Waals surface area contributed by atoms with Crippen molar-refractivity contribution in [3.05, 3.63) is 241 Å². The third kappa shape index (κ3) is 4.94. The molecular weight excluding hydrogens is 753 g/mol. The van der Waals surface area contributed by atoms with E-state index in [4.69, 9.17) is 14.4 Å². The highest BCUT2D eigenvalue weighted by molar-refractivity contribution is 6.09. The van der Waals surface area contributed by atoms with Gasteiger partial charge in [-0.2, -0.15) is 0 Å². The molecule has 3 nitrogen and oxygen atoms in total. The number of nitrogens with zero attached hydrogens (tertiary/aromatic N) is 2. The van der Waals surface area contributed by atoms with Crippen molar-refractivity contribution in [2.75, 3.05) is 0 Å². The van der Waals surface area contributed by atoms with Crippen LogP contribution in [0.25, 0.3) is 100 Å². The lowest BCUT2D eigenvalue weighted by atomic mass is 9.66. The summed E-state index contributed by atoms with van der Waals surface area (Å²) in [4.78, 5) is 10.9. The molecule has 2 aromatic heterocycles. The van der Waals surface area contributed by atoms with Gasteiger partial charge in [-0.25, -0.2) is 9.97 Å². The van der Waals surface area contributed by atoms with Crippen molar-refractivity contribution in [3.63, 3.8) is 0 Å². The largest absolute Gasteiger partial charge is 0.455 e. The second kappa shape index (κ2) is 13.4. The van der Waals surface area contributed by atoms with Gasteiger partial charge >= 0.3 is 0 Å². The Kier molecular flexibility index (Phi) is 7.52. The van der Waals surface area contributed by atoms with Crippen LogP contribution in [0.2, 0.25) is 0 Å². The van der Waals surface area contributed by atoms with Gasteiger partial charge in [0.1, 0.15) is 11.2 Å². The minimum absolute atomic E-state index is 0.551. The van der Waals surface area contributed by atoms with Crippen molar-refractivity contribution < 1.29 is 4.42 Å². The molecule has 0 saturated carbocycles. The van der Waals surface area contributed by atoms with E-state index >= 15 is 0 Å². The molecular formula is C59H36N2O. The summed E-state index contributed by atoms with van der Waals surface area (Å²) in [5, 5.41) is 2.15. The average molecular weight is 789 g/mol. The summed E-state index contributed by atoms with van der Waals surface area (Å²) >= 11 is 0. The van der Waals surface area contributed by atoms with Gasteiger partial charge in [0, 0.05) is 27.5 Å². The van der Waals surface area contributed by atoms with Gasteiger partial charge in [-0.15, -0.1) is 0 Å². The van der Waals surface area contributed by atoms with Gasteiger partial charge in [-0.1, -0.05) is 194 Å². The Balaban J connectivity index is 1.08. The van der Waals surface area contributed by atoms with Crippen molar-refractivity contribution in [1.82, 2.24) is 9.97 Å². The second-order valence-electron chi connectivity index (χ2n) is 16.3. The molecule has 0 saturated heterocycles. The van der Waals surface area contributed by atoms with Crippen LogP contribution in [0, 0.1) is 0 Å². The van der Waals surface area contributed by atoms with E-state index in [-0.39, 0.29) is 0 Å². The number of hydrogen-bond donors (Lipinski definition) is 0. The zero-order chi connectivity index (χ0) is 40.8. The Morgan fingerprint density at radius 3 is 1.50 bits per heavy atom.